The van der Waals surface area contributed by atoms with Crippen molar-refractivity contribution in [1.82, 2.24) is 14.8 Å². The fourth-order valence-electron chi connectivity index (χ4n) is 2.51. The molecule has 1 N–H and O–H groups in total. The van der Waals surface area contributed by atoms with Gasteiger partial charge in [0.15, 0.2) is 0 Å². The molecule has 10 radical (unpaired) electrons. The first-order valence-corrected chi connectivity index (χ1v) is 8.43. The maximum atomic E-state index is 10.6. The van der Waals surface area contributed by atoms with Gasteiger partial charge in [0.05, 0.1) is 5.70 Å². The second kappa shape index (κ2) is 11.4. The van der Waals surface area contributed by atoms with Gasteiger partial charge in [-0.25, -0.2) is 9.67 Å². The average Bonchev–Trinajstić information content (AvgIpc) is 3.45. The Morgan fingerprint density at radius 3 is 2.07 bits per heavy atom. The van der Waals surface area contributed by atoms with E-state index < -0.39 is 6.10 Å². The maximum Gasteiger partial charge on any atom is 2.00 e. The van der Waals surface area contributed by atoms with E-state index in [1.54, 1.807) is 11.0 Å². The average molecular weight is 399 g/mol. The normalized spacial score (nSPS) is 18.5. The van der Waals surface area contributed by atoms with Crippen molar-refractivity contribution in [3.05, 3.63) is 112 Å². The number of hydrogen-bond donors (Lipinski definition) is 1. The van der Waals surface area contributed by atoms with Crippen molar-refractivity contribution in [3.63, 3.8) is 0 Å². The van der Waals surface area contributed by atoms with Crippen molar-refractivity contribution in [3.8, 4) is 0 Å². The molecule has 1 unspecified atom stereocenters. The molecule has 0 spiro atoms. The summed E-state index contributed by atoms with van der Waals surface area (Å²) in [6.07, 6.45) is 21.8. The molecule has 136 valence electrons. The van der Waals surface area contributed by atoms with E-state index in [0.717, 1.165) is 11.5 Å². The van der Waals surface area contributed by atoms with Crippen molar-refractivity contribution < 1.29 is 22.2 Å². The predicted octanol–water partition coefficient (Wildman–Crippen LogP) is 3.37. The topological polar surface area (TPSA) is 50.9 Å². The molecule has 1 atom stereocenters. The van der Waals surface area contributed by atoms with Crippen molar-refractivity contribution in [1.29, 1.82) is 0 Å². The van der Waals surface area contributed by atoms with Crippen LogP contribution < -0.4 is 0 Å². The molecule has 1 aromatic carbocycles. The molecular weight excluding hydrogens is 378 g/mol. The van der Waals surface area contributed by atoms with Crippen molar-refractivity contribution in [2.24, 2.45) is 0 Å². The fourth-order valence-corrected chi connectivity index (χ4v) is 2.51. The molecule has 0 saturated heterocycles. The van der Waals surface area contributed by atoms with Crippen LogP contribution in [0, 0.1) is 70.6 Å². The summed E-state index contributed by atoms with van der Waals surface area (Å²) in [5.41, 5.74) is 2.88. The molecule has 4 nitrogen and oxygen atoms in total. The van der Waals surface area contributed by atoms with Gasteiger partial charge in [-0.2, -0.15) is 5.10 Å². The van der Waals surface area contributed by atoms with Crippen LogP contribution in [0.4, 0.5) is 0 Å². The minimum absolute atomic E-state index is 0. The molecule has 2 aliphatic rings. The molecule has 27 heavy (non-hydrogen) atoms. The maximum absolute atomic E-state index is 10.6. The summed E-state index contributed by atoms with van der Waals surface area (Å²) in [6, 6.07) is 8.12. The van der Waals surface area contributed by atoms with Gasteiger partial charge in [-0.1, -0.05) is 29.8 Å². The number of aryl methyl sites for hydroxylation is 1. The Hall–Kier alpha value is -1.42. The molecule has 5 heteroatoms. The van der Waals surface area contributed by atoms with Crippen LogP contribution in [0.25, 0.3) is 11.8 Å². The molecule has 2 aromatic rings. The van der Waals surface area contributed by atoms with Crippen LogP contribution >= 0.6 is 0 Å². The summed E-state index contributed by atoms with van der Waals surface area (Å²) >= 11 is 0. The molecule has 2 saturated carbocycles. The summed E-state index contributed by atoms with van der Waals surface area (Å²) in [6.45, 7) is 2.05. The molecule has 2 fully saturated rings. The Kier molecular flexibility index (Phi) is 9.26. The summed E-state index contributed by atoms with van der Waals surface area (Å²) in [4.78, 5) is 3.96. The second-order valence-corrected chi connectivity index (χ2v) is 5.90. The largest absolute Gasteiger partial charge is 2.00 e. The second-order valence-electron chi connectivity index (χ2n) is 5.90. The predicted molar refractivity (Wildman–Crippen MR) is 103 cm³/mol. The smallest absolute Gasteiger partial charge is 0.386 e. The Morgan fingerprint density at radius 2 is 1.56 bits per heavy atom. The van der Waals surface area contributed by atoms with E-state index in [1.165, 1.54) is 11.9 Å². The molecule has 0 bridgehead atoms. The molecular formula is C22H21FeN3O+2. The fraction of sp³-hybridized carbons (Fsp3) is 0.0909. The van der Waals surface area contributed by atoms with Gasteiger partial charge in [0.1, 0.15) is 18.8 Å². The third-order valence-electron chi connectivity index (χ3n) is 3.92. The van der Waals surface area contributed by atoms with Gasteiger partial charge in [-0.3, -0.25) is 0 Å². The van der Waals surface area contributed by atoms with Crippen molar-refractivity contribution >= 4 is 11.8 Å². The van der Waals surface area contributed by atoms with E-state index in [0.29, 0.717) is 5.70 Å². The monoisotopic (exact) mass is 399 g/mol. The van der Waals surface area contributed by atoms with E-state index in [4.69, 9.17) is 0 Å². The van der Waals surface area contributed by atoms with E-state index in [2.05, 4.69) is 10.1 Å². The quantitative estimate of drug-likeness (QED) is 0.803. The molecule has 4 rings (SSSR count). The Bertz CT molecular complexity index is 664. The minimum atomic E-state index is -0.747. The molecule has 0 amide bonds. The van der Waals surface area contributed by atoms with Gasteiger partial charge in [0.25, 0.3) is 0 Å². The van der Waals surface area contributed by atoms with Crippen LogP contribution in [-0.4, -0.2) is 26.0 Å². The van der Waals surface area contributed by atoms with Crippen LogP contribution in [0.3, 0.4) is 0 Å². The number of aliphatic hydroxyl groups excluding tert-OH is 1. The summed E-state index contributed by atoms with van der Waals surface area (Å²) in [5.74, 6) is 0.837. The minimum Gasteiger partial charge on any atom is -0.386 e. The Labute approximate surface area is 173 Å². The van der Waals surface area contributed by atoms with Gasteiger partial charge >= 0.3 is 17.1 Å². The molecule has 0 aliphatic heterocycles. The van der Waals surface area contributed by atoms with Crippen LogP contribution in [-0.2, 0) is 17.1 Å². The van der Waals surface area contributed by atoms with E-state index in [-0.39, 0.29) is 17.1 Å². The van der Waals surface area contributed by atoms with Gasteiger partial charge < -0.3 is 5.11 Å². The van der Waals surface area contributed by atoms with Gasteiger partial charge in [-0.05, 0) is 76.4 Å². The third kappa shape index (κ3) is 6.60. The zero-order chi connectivity index (χ0) is 18.2. The third-order valence-corrected chi connectivity index (χ3v) is 3.92. The number of aliphatic hydroxyl groups is 1. The zero-order valence-electron chi connectivity index (χ0n) is 15.0. The first-order valence-electron chi connectivity index (χ1n) is 8.43. The number of benzene rings is 1. The van der Waals surface area contributed by atoms with Crippen molar-refractivity contribution in [2.75, 3.05) is 0 Å². The van der Waals surface area contributed by atoms with Gasteiger partial charge in [-0.15, -0.1) is 0 Å². The number of aromatic nitrogens is 3. The Morgan fingerprint density at radius 1 is 0.963 bits per heavy atom. The molecule has 1 heterocycles. The van der Waals surface area contributed by atoms with Crippen LogP contribution in [0.5, 0.6) is 0 Å². The van der Waals surface area contributed by atoms with Gasteiger partial charge in [0, 0.05) is 5.92 Å². The molecule has 1 aromatic heterocycles. The summed E-state index contributed by atoms with van der Waals surface area (Å²) in [5, 5.41) is 14.7. The SMILES string of the molecule is Cc1ccc(/C=C(\C(O)[C]2[CH][CH][CH][CH]2)n2cncn2)cc1.[CH]1[CH][CH][CH][CH]1.[Fe+2]. The van der Waals surface area contributed by atoms with Crippen molar-refractivity contribution in [2.45, 2.75) is 13.0 Å². The first-order chi connectivity index (χ1) is 12.7. The van der Waals surface area contributed by atoms with Crippen LogP contribution in [0.15, 0.2) is 36.9 Å². The van der Waals surface area contributed by atoms with Gasteiger partial charge in [0.2, 0.25) is 0 Å². The number of rotatable bonds is 4. The van der Waals surface area contributed by atoms with Crippen LogP contribution in [0.1, 0.15) is 11.1 Å². The van der Waals surface area contributed by atoms with Crippen LogP contribution in [0.2, 0.25) is 0 Å². The molecule has 2 aliphatic carbocycles. The van der Waals surface area contributed by atoms with E-state index >= 15 is 0 Å². The standard InChI is InChI=1S/C17H16N3O.C5H5.Fe/c1-13-6-8-14(9-7-13)10-16(20-12-18-11-19-20)17(21)15-4-2-3-5-15;1-2-4-5-3-1;/h2-12,17,21H,1H3;1-5H;/q;;+2/b16-10+;;. The summed E-state index contributed by atoms with van der Waals surface area (Å²) < 4.78 is 1.59. The summed E-state index contributed by atoms with van der Waals surface area (Å²) in [7, 11) is 0. The van der Waals surface area contributed by atoms with E-state index in [1.807, 2.05) is 95.1 Å². The first kappa shape index (κ1) is 21.9. The van der Waals surface area contributed by atoms with E-state index in [9.17, 15) is 5.11 Å². The Balaban J connectivity index is 0.000000379. The number of nitrogens with zero attached hydrogens (tertiary/aromatic N) is 3. The number of hydrogen-bond acceptors (Lipinski definition) is 3. The zero-order valence-corrected chi connectivity index (χ0v) is 16.1.